The summed E-state index contributed by atoms with van der Waals surface area (Å²) in [7, 11) is 2.05. The van der Waals surface area contributed by atoms with Crippen molar-refractivity contribution in [2.75, 3.05) is 33.2 Å². The summed E-state index contributed by atoms with van der Waals surface area (Å²) in [5, 5.41) is 23.2. The van der Waals surface area contributed by atoms with Gasteiger partial charge in [-0.25, -0.2) is 9.59 Å². The van der Waals surface area contributed by atoms with Gasteiger partial charge in [-0.3, -0.25) is 0 Å². The van der Waals surface area contributed by atoms with Crippen molar-refractivity contribution in [1.29, 1.82) is 0 Å². The Morgan fingerprint density at radius 3 is 2.68 bits per heavy atom. The molecule has 7 heteroatoms. The average molecular weight is 273 g/mol. The summed E-state index contributed by atoms with van der Waals surface area (Å²) in [6.07, 6.45) is 2.20. The van der Waals surface area contributed by atoms with E-state index in [-0.39, 0.29) is 6.54 Å². The Morgan fingerprint density at radius 1 is 1.42 bits per heavy atom. The Labute approximate surface area is 113 Å². The van der Waals surface area contributed by atoms with Gasteiger partial charge in [-0.05, 0) is 39.3 Å². The summed E-state index contributed by atoms with van der Waals surface area (Å²) in [5.74, 6) is -0.939. The molecule has 1 rings (SSSR count). The average Bonchev–Trinajstić information content (AvgIpc) is 2.34. The second-order valence-corrected chi connectivity index (χ2v) is 5.41. The van der Waals surface area contributed by atoms with Crippen molar-refractivity contribution in [3.05, 3.63) is 0 Å². The lowest BCUT2D eigenvalue weighted by atomic mass is 9.99. The smallest absolute Gasteiger partial charge is 0.337 e. The SMILES string of the molecule is CN1CCCC(CNC(=O)NCC(C)(O)C(=O)O)C1. The fraction of sp³-hybridized carbons (Fsp3) is 0.833. The molecule has 0 bridgehead atoms. The van der Waals surface area contributed by atoms with Gasteiger partial charge in [-0.1, -0.05) is 0 Å². The molecule has 1 aliphatic rings. The first-order valence-corrected chi connectivity index (χ1v) is 6.47. The van der Waals surface area contributed by atoms with Crippen molar-refractivity contribution in [2.45, 2.75) is 25.4 Å². The molecule has 2 unspecified atom stereocenters. The van der Waals surface area contributed by atoms with Crippen LogP contribution >= 0.6 is 0 Å². The summed E-state index contributed by atoms with van der Waals surface area (Å²) < 4.78 is 0. The zero-order chi connectivity index (χ0) is 14.5. The summed E-state index contributed by atoms with van der Waals surface area (Å²) in [4.78, 5) is 24.4. The third kappa shape index (κ3) is 5.44. The van der Waals surface area contributed by atoms with E-state index in [9.17, 15) is 14.7 Å². The maximum absolute atomic E-state index is 11.5. The topological polar surface area (TPSA) is 102 Å². The van der Waals surface area contributed by atoms with Gasteiger partial charge in [0.05, 0.1) is 6.54 Å². The van der Waals surface area contributed by atoms with Gasteiger partial charge < -0.3 is 25.7 Å². The van der Waals surface area contributed by atoms with E-state index < -0.39 is 17.6 Å². The molecule has 2 atom stereocenters. The summed E-state index contributed by atoms with van der Waals surface area (Å²) >= 11 is 0. The first-order chi connectivity index (χ1) is 8.81. The van der Waals surface area contributed by atoms with E-state index in [1.54, 1.807) is 0 Å². The first kappa shape index (κ1) is 15.7. The number of rotatable bonds is 5. The number of hydrogen-bond donors (Lipinski definition) is 4. The van der Waals surface area contributed by atoms with Crippen LogP contribution in [0, 0.1) is 5.92 Å². The molecule has 0 spiro atoms. The third-order valence-corrected chi connectivity index (χ3v) is 3.33. The number of aliphatic hydroxyl groups is 1. The molecule has 110 valence electrons. The number of amides is 2. The number of carboxylic acid groups (broad SMARTS) is 1. The van der Waals surface area contributed by atoms with E-state index in [0.29, 0.717) is 12.5 Å². The summed E-state index contributed by atoms with van der Waals surface area (Å²) in [5.41, 5.74) is -1.94. The lowest BCUT2D eigenvalue weighted by molar-refractivity contribution is -0.155. The van der Waals surface area contributed by atoms with Crippen molar-refractivity contribution in [3.8, 4) is 0 Å². The standard InChI is InChI=1S/C12H23N3O4/c1-12(19,10(16)17)8-14-11(18)13-6-9-4-3-5-15(2)7-9/h9,19H,3-8H2,1-2H3,(H,16,17)(H2,13,14,18). The minimum Gasteiger partial charge on any atom is -0.479 e. The van der Waals surface area contributed by atoms with Crippen molar-refractivity contribution < 1.29 is 19.8 Å². The predicted molar refractivity (Wildman–Crippen MR) is 69.9 cm³/mol. The second kappa shape index (κ2) is 6.72. The Kier molecular flexibility index (Phi) is 5.56. The summed E-state index contributed by atoms with van der Waals surface area (Å²) in [6, 6.07) is -0.449. The lowest BCUT2D eigenvalue weighted by Crippen LogP contribution is -2.50. The molecule has 1 aliphatic heterocycles. The molecule has 4 N–H and O–H groups in total. The maximum Gasteiger partial charge on any atom is 0.337 e. The van der Waals surface area contributed by atoms with E-state index in [1.807, 2.05) is 0 Å². The van der Waals surface area contributed by atoms with E-state index in [0.717, 1.165) is 32.9 Å². The normalized spacial score (nSPS) is 23.4. The van der Waals surface area contributed by atoms with Gasteiger partial charge in [0.2, 0.25) is 0 Å². The number of carbonyl (C=O) groups excluding carboxylic acids is 1. The van der Waals surface area contributed by atoms with Crippen LogP contribution in [-0.2, 0) is 4.79 Å². The highest BCUT2D eigenvalue weighted by Crippen LogP contribution is 2.13. The van der Waals surface area contributed by atoms with Gasteiger partial charge in [0.25, 0.3) is 0 Å². The Bertz CT molecular complexity index is 333. The highest BCUT2D eigenvalue weighted by Gasteiger charge is 2.30. The molecular weight excluding hydrogens is 250 g/mol. The monoisotopic (exact) mass is 273 g/mol. The van der Waals surface area contributed by atoms with Crippen molar-refractivity contribution >= 4 is 12.0 Å². The molecule has 1 saturated heterocycles. The zero-order valence-electron chi connectivity index (χ0n) is 11.5. The quantitative estimate of drug-likeness (QED) is 0.539. The molecule has 0 aliphatic carbocycles. The van der Waals surface area contributed by atoms with Gasteiger partial charge in [-0.2, -0.15) is 0 Å². The van der Waals surface area contributed by atoms with Gasteiger partial charge in [0.1, 0.15) is 0 Å². The number of nitrogens with one attached hydrogen (secondary N) is 2. The van der Waals surface area contributed by atoms with Gasteiger partial charge in [-0.15, -0.1) is 0 Å². The van der Waals surface area contributed by atoms with Crippen LogP contribution < -0.4 is 10.6 Å². The number of piperidine rings is 1. The zero-order valence-corrected chi connectivity index (χ0v) is 11.5. The molecule has 0 aromatic heterocycles. The number of hydrogen-bond acceptors (Lipinski definition) is 4. The molecule has 7 nitrogen and oxygen atoms in total. The van der Waals surface area contributed by atoms with Crippen LogP contribution in [0.5, 0.6) is 0 Å². The van der Waals surface area contributed by atoms with Crippen LogP contribution in [0.3, 0.4) is 0 Å². The van der Waals surface area contributed by atoms with Crippen molar-refractivity contribution in [3.63, 3.8) is 0 Å². The minimum absolute atomic E-state index is 0.321. The van der Waals surface area contributed by atoms with Gasteiger partial charge in [0.15, 0.2) is 5.60 Å². The van der Waals surface area contributed by atoms with E-state index >= 15 is 0 Å². The number of nitrogens with zero attached hydrogens (tertiary/aromatic N) is 1. The highest BCUT2D eigenvalue weighted by molar-refractivity contribution is 5.79. The van der Waals surface area contributed by atoms with Crippen LogP contribution in [-0.4, -0.2) is 65.9 Å². The molecule has 0 radical (unpaired) electrons. The lowest BCUT2D eigenvalue weighted by Gasteiger charge is -2.29. The fourth-order valence-corrected chi connectivity index (χ4v) is 2.07. The second-order valence-electron chi connectivity index (χ2n) is 5.41. The maximum atomic E-state index is 11.5. The fourth-order valence-electron chi connectivity index (χ4n) is 2.07. The van der Waals surface area contributed by atoms with Gasteiger partial charge >= 0.3 is 12.0 Å². The molecule has 1 fully saturated rings. The minimum atomic E-state index is -1.94. The predicted octanol–water partition coefficient (Wildman–Crippen LogP) is -0.537. The molecule has 0 saturated carbocycles. The van der Waals surface area contributed by atoms with Crippen LogP contribution in [0.4, 0.5) is 4.79 Å². The number of urea groups is 1. The molecular formula is C12H23N3O4. The number of aliphatic carboxylic acids is 1. The highest BCUT2D eigenvalue weighted by atomic mass is 16.4. The Balaban J connectivity index is 2.23. The summed E-state index contributed by atoms with van der Waals surface area (Å²) in [6.45, 7) is 3.42. The Morgan fingerprint density at radius 2 is 2.11 bits per heavy atom. The van der Waals surface area contributed by atoms with E-state index in [1.165, 1.54) is 0 Å². The largest absolute Gasteiger partial charge is 0.479 e. The van der Waals surface area contributed by atoms with Crippen molar-refractivity contribution in [1.82, 2.24) is 15.5 Å². The van der Waals surface area contributed by atoms with Crippen LogP contribution in [0.2, 0.25) is 0 Å². The first-order valence-electron chi connectivity index (χ1n) is 6.47. The van der Waals surface area contributed by atoms with Gasteiger partial charge in [0, 0.05) is 13.1 Å². The third-order valence-electron chi connectivity index (χ3n) is 3.33. The molecule has 19 heavy (non-hydrogen) atoms. The number of likely N-dealkylation sites (tertiary alicyclic amines) is 1. The Hall–Kier alpha value is -1.34. The number of carbonyl (C=O) groups is 2. The van der Waals surface area contributed by atoms with Crippen LogP contribution in [0.25, 0.3) is 0 Å². The van der Waals surface area contributed by atoms with E-state index in [2.05, 4.69) is 22.6 Å². The number of carboxylic acids is 1. The van der Waals surface area contributed by atoms with Crippen LogP contribution in [0.1, 0.15) is 19.8 Å². The molecule has 0 aromatic carbocycles. The van der Waals surface area contributed by atoms with E-state index in [4.69, 9.17) is 5.11 Å². The molecule has 1 heterocycles. The van der Waals surface area contributed by atoms with Crippen LogP contribution in [0.15, 0.2) is 0 Å². The molecule has 2 amide bonds. The van der Waals surface area contributed by atoms with Crippen molar-refractivity contribution in [2.24, 2.45) is 5.92 Å². The molecule has 0 aromatic rings.